The van der Waals surface area contributed by atoms with E-state index in [1.54, 1.807) is 31.3 Å². The van der Waals surface area contributed by atoms with Crippen LogP contribution in [0.25, 0.3) is 0 Å². The molecule has 3 N–H and O–H groups in total. The molecule has 0 aliphatic heterocycles. The van der Waals surface area contributed by atoms with Crippen LogP contribution in [0.2, 0.25) is 0 Å². The third-order valence-electron chi connectivity index (χ3n) is 1.75. The summed E-state index contributed by atoms with van der Waals surface area (Å²) in [5.74, 6) is -0.109. The number of nitrogens with two attached hydrogens (primary N) is 1. The van der Waals surface area contributed by atoms with Gasteiger partial charge in [-0.3, -0.25) is 4.79 Å². The quantitative estimate of drug-likeness (QED) is 0.413. The van der Waals surface area contributed by atoms with Gasteiger partial charge in [0.1, 0.15) is 0 Å². The van der Waals surface area contributed by atoms with Crippen molar-refractivity contribution in [1.82, 2.24) is 5.32 Å². The summed E-state index contributed by atoms with van der Waals surface area (Å²) >= 11 is 0. The van der Waals surface area contributed by atoms with Gasteiger partial charge in [-0.05, 0) is 24.3 Å². The third kappa shape index (κ3) is 2.08. The Balaban J connectivity index is 2.90. The Kier molecular flexibility index (Phi) is 2.69. The van der Waals surface area contributed by atoms with Crippen LogP contribution in [0.1, 0.15) is 10.4 Å². The Morgan fingerprint density at radius 2 is 1.92 bits per heavy atom. The molecule has 0 aliphatic carbocycles. The number of Topliss-reactive ketones (excluding diaryl/α,β-unsaturated/α-hetero) is 1. The summed E-state index contributed by atoms with van der Waals surface area (Å²) in [7, 11) is 1.66. The Morgan fingerprint density at radius 3 is 2.38 bits per heavy atom. The monoisotopic (exact) mass is 176 g/mol. The predicted molar refractivity (Wildman–Crippen MR) is 53.4 cm³/mol. The fourth-order valence-corrected chi connectivity index (χ4v) is 0.922. The van der Waals surface area contributed by atoms with Crippen LogP contribution in [0.3, 0.4) is 0 Å². The van der Waals surface area contributed by atoms with Crippen LogP contribution in [0.15, 0.2) is 36.5 Å². The maximum Gasteiger partial charge on any atom is 0.208 e. The van der Waals surface area contributed by atoms with Gasteiger partial charge in [0.2, 0.25) is 5.78 Å². The van der Waals surface area contributed by atoms with E-state index in [1.165, 1.54) is 0 Å². The number of carbonyl (C=O) groups excluding carboxylic acids is 1. The van der Waals surface area contributed by atoms with Gasteiger partial charge in [0, 0.05) is 18.3 Å². The number of carbonyl (C=O) groups is 1. The number of benzene rings is 1. The standard InChI is InChI=1S/C10H12N2O/c1-7(12-2)10(13)8-3-5-9(11)6-4-8/h3-6,12H,1,11H2,2H3. The molecule has 1 aromatic rings. The van der Waals surface area contributed by atoms with Gasteiger partial charge in [-0.25, -0.2) is 0 Å². The van der Waals surface area contributed by atoms with Gasteiger partial charge in [-0.1, -0.05) is 6.58 Å². The lowest BCUT2D eigenvalue weighted by atomic mass is 10.1. The first-order valence-electron chi connectivity index (χ1n) is 3.92. The van der Waals surface area contributed by atoms with Gasteiger partial charge >= 0.3 is 0 Å². The molecular formula is C10H12N2O. The second kappa shape index (κ2) is 3.76. The number of rotatable bonds is 3. The minimum Gasteiger partial charge on any atom is -0.399 e. The number of likely N-dealkylation sites (N-methyl/N-ethyl adjacent to an activating group) is 1. The molecule has 3 heteroatoms. The van der Waals surface area contributed by atoms with Crippen LogP contribution in [0.5, 0.6) is 0 Å². The summed E-state index contributed by atoms with van der Waals surface area (Å²) in [5.41, 5.74) is 7.10. The Hall–Kier alpha value is -1.77. The maximum absolute atomic E-state index is 11.5. The van der Waals surface area contributed by atoms with Crippen LogP contribution >= 0.6 is 0 Å². The Bertz CT molecular complexity index is 327. The maximum atomic E-state index is 11.5. The van der Waals surface area contributed by atoms with E-state index in [4.69, 9.17) is 5.73 Å². The van der Waals surface area contributed by atoms with Crippen molar-refractivity contribution in [2.75, 3.05) is 12.8 Å². The molecule has 1 aromatic carbocycles. The van der Waals surface area contributed by atoms with Crippen LogP contribution in [0.4, 0.5) is 5.69 Å². The highest BCUT2D eigenvalue weighted by Crippen LogP contribution is 2.08. The smallest absolute Gasteiger partial charge is 0.208 e. The first kappa shape index (κ1) is 9.32. The van der Waals surface area contributed by atoms with E-state index >= 15 is 0 Å². The van der Waals surface area contributed by atoms with Gasteiger partial charge in [-0.2, -0.15) is 0 Å². The molecule has 0 amide bonds. The number of hydrogen-bond acceptors (Lipinski definition) is 3. The average Bonchev–Trinajstić information content (AvgIpc) is 2.17. The lowest BCUT2D eigenvalue weighted by Gasteiger charge is -2.03. The number of allylic oxidation sites excluding steroid dienone is 1. The molecule has 0 saturated carbocycles. The SMILES string of the molecule is C=C(NC)C(=O)c1ccc(N)cc1. The van der Waals surface area contributed by atoms with Crippen LogP contribution < -0.4 is 11.1 Å². The minimum absolute atomic E-state index is 0.109. The van der Waals surface area contributed by atoms with E-state index in [0.29, 0.717) is 16.9 Å². The second-order valence-electron chi connectivity index (χ2n) is 2.68. The molecule has 0 saturated heterocycles. The number of nitrogen functional groups attached to an aromatic ring is 1. The van der Waals surface area contributed by atoms with E-state index in [1.807, 2.05) is 0 Å². The normalized spacial score (nSPS) is 9.31. The molecule has 3 nitrogen and oxygen atoms in total. The van der Waals surface area contributed by atoms with Crippen LogP contribution in [-0.4, -0.2) is 12.8 Å². The number of nitrogens with one attached hydrogen (secondary N) is 1. The van der Waals surface area contributed by atoms with Crippen molar-refractivity contribution in [3.8, 4) is 0 Å². The lowest BCUT2D eigenvalue weighted by molar-refractivity contribution is 0.102. The fraction of sp³-hybridized carbons (Fsp3) is 0.100. The van der Waals surface area contributed by atoms with Crippen molar-refractivity contribution in [1.29, 1.82) is 0 Å². The largest absolute Gasteiger partial charge is 0.399 e. The molecular weight excluding hydrogens is 164 g/mol. The first-order valence-corrected chi connectivity index (χ1v) is 3.92. The first-order chi connectivity index (χ1) is 6.15. The van der Waals surface area contributed by atoms with Gasteiger partial charge in [0.05, 0.1) is 5.70 Å². The lowest BCUT2D eigenvalue weighted by Crippen LogP contribution is -2.14. The zero-order valence-electron chi connectivity index (χ0n) is 7.50. The zero-order chi connectivity index (χ0) is 9.84. The molecule has 0 radical (unpaired) electrons. The van der Waals surface area contributed by atoms with Gasteiger partial charge < -0.3 is 11.1 Å². The molecule has 0 fully saturated rings. The Labute approximate surface area is 77.3 Å². The second-order valence-corrected chi connectivity index (χ2v) is 2.68. The van der Waals surface area contributed by atoms with Crippen LogP contribution in [0, 0.1) is 0 Å². The van der Waals surface area contributed by atoms with E-state index in [-0.39, 0.29) is 5.78 Å². The molecule has 68 valence electrons. The molecule has 0 bridgehead atoms. The van der Waals surface area contributed by atoms with E-state index in [0.717, 1.165) is 0 Å². The topological polar surface area (TPSA) is 55.1 Å². The summed E-state index contributed by atoms with van der Waals surface area (Å²) in [4.78, 5) is 11.5. The van der Waals surface area contributed by atoms with Gasteiger partial charge in [0.25, 0.3) is 0 Å². The molecule has 0 heterocycles. The molecule has 13 heavy (non-hydrogen) atoms. The zero-order valence-corrected chi connectivity index (χ0v) is 7.50. The third-order valence-corrected chi connectivity index (χ3v) is 1.75. The van der Waals surface area contributed by atoms with Crippen molar-refractivity contribution in [2.24, 2.45) is 0 Å². The molecule has 0 spiro atoms. The van der Waals surface area contributed by atoms with E-state index in [2.05, 4.69) is 11.9 Å². The summed E-state index contributed by atoms with van der Waals surface area (Å²) in [5, 5.41) is 2.70. The van der Waals surface area contributed by atoms with Crippen molar-refractivity contribution >= 4 is 11.5 Å². The number of hydrogen-bond donors (Lipinski definition) is 2. The van der Waals surface area contributed by atoms with Crippen molar-refractivity contribution in [3.05, 3.63) is 42.1 Å². The highest BCUT2D eigenvalue weighted by Gasteiger charge is 2.07. The molecule has 0 unspecified atom stereocenters. The van der Waals surface area contributed by atoms with Crippen LogP contribution in [-0.2, 0) is 0 Å². The highest BCUT2D eigenvalue weighted by molar-refractivity contribution is 6.07. The van der Waals surface area contributed by atoms with Crippen molar-refractivity contribution < 1.29 is 4.79 Å². The fourth-order valence-electron chi connectivity index (χ4n) is 0.922. The number of anilines is 1. The summed E-state index contributed by atoms with van der Waals surface area (Å²) in [6, 6.07) is 6.74. The molecule has 0 aromatic heterocycles. The van der Waals surface area contributed by atoms with Gasteiger partial charge in [0.15, 0.2) is 0 Å². The molecule has 0 atom stereocenters. The average molecular weight is 176 g/mol. The molecule has 1 rings (SSSR count). The Morgan fingerprint density at radius 1 is 1.38 bits per heavy atom. The van der Waals surface area contributed by atoms with Crippen molar-refractivity contribution in [2.45, 2.75) is 0 Å². The van der Waals surface area contributed by atoms with Gasteiger partial charge in [-0.15, -0.1) is 0 Å². The number of ketones is 1. The predicted octanol–water partition coefficient (Wildman–Crippen LogP) is 1.18. The summed E-state index contributed by atoms with van der Waals surface area (Å²) < 4.78 is 0. The summed E-state index contributed by atoms with van der Waals surface area (Å²) in [6.45, 7) is 3.58. The molecule has 0 aliphatic rings. The minimum atomic E-state index is -0.109. The summed E-state index contributed by atoms with van der Waals surface area (Å²) in [6.07, 6.45) is 0. The van der Waals surface area contributed by atoms with E-state index in [9.17, 15) is 4.79 Å². The van der Waals surface area contributed by atoms with Crippen molar-refractivity contribution in [3.63, 3.8) is 0 Å². The highest BCUT2D eigenvalue weighted by atomic mass is 16.1. The van der Waals surface area contributed by atoms with E-state index < -0.39 is 0 Å².